The number of hydrogen-bond donors (Lipinski definition) is 1. The molecule has 0 aromatic heterocycles. The Bertz CT molecular complexity index is 897. The van der Waals surface area contributed by atoms with Gasteiger partial charge in [0.2, 0.25) is 5.91 Å². The third-order valence-electron chi connectivity index (χ3n) is 8.30. The van der Waals surface area contributed by atoms with Gasteiger partial charge in [-0.25, -0.2) is 0 Å². The number of rotatable bonds is 0. The monoisotopic (exact) mass is 350 g/mol. The Morgan fingerprint density at radius 2 is 2.15 bits per heavy atom. The average Bonchev–Trinajstić information content (AvgIpc) is 3.11. The van der Waals surface area contributed by atoms with Crippen molar-refractivity contribution in [2.45, 2.75) is 42.5 Å². The second-order valence-electron chi connectivity index (χ2n) is 8.98. The van der Waals surface area contributed by atoms with Gasteiger partial charge < -0.3 is 14.7 Å². The molecule has 5 nitrogen and oxygen atoms in total. The summed E-state index contributed by atoms with van der Waals surface area (Å²) in [6, 6.07) is 8.95. The summed E-state index contributed by atoms with van der Waals surface area (Å²) in [4.78, 5) is 17.9. The third kappa shape index (κ3) is 1.33. The van der Waals surface area contributed by atoms with Crippen molar-refractivity contribution >= 4 is 11.6 Å². The summed E-state index contributed by atoms with van der Waals surface area (Å²) in [5, 5.41) is 11.5. The molecule has 1 amide bonds. The van der Waals surface area contributed by atoms with Crippen molar-refractivity contribution in [3.8, 4) is 0 Å². The fourth-order valence-electron chi connectivity index (χ4n) is 7.55. The first kappa shape index (κ1) is 14.4. The van der Waals surface area contributed by atoms with E-state index in [4.69, 9.17) is 4.74 Å². The highest BCUT2D eigenvalue weighted by molar-refractivity contribution is 5.99. The van der Waals surface area contributed by atoms with Crippen LogP contribution in [0, 0.1) is 11.8 Å². The van der Waals surface area contributed by atoms with E-state index in [-0.39, 0.29) is 29.7 Å². The van der Waals surface area contributed by atoms with Gasteiger partial charge in [0.15, 0.2) is 5.79 Å². The molecule has 6 aliphatic rings. The minimum Gasteiger partial charge on any atom is -0.365 e. The van der Waals surface area contributed by atoms with Crippen molar-refractivity contribution in [3.05, 3.63) is 41.5 Å². The van der Waals surface area contributed by atoms with E-state index in [0.717, 1.165) is 31.6 Å². The topological polar surface area (TPSA) is 53.0 Å². The van der Waals surface area contributed by atoms with Gasteiger partial charge in [-0.3, -0.25) is 9.69 Å². The molecule has 6 atom stereocenters. The van der Waals surface area contributed by atoms with Crippen LogP contribution >= 0.6 is 0 Å². The molecule has 134 valence electrons. The molecule has 0 radical (unpaired) electrons. The average molecular weight is 350 g/mol. The van der Waals surface area contributed by atoms with Crippen LogP contribution in [0.5, 0.6) is 0 Å². The molecule has 1 aromatic carbocycles. The Hall–Kier alpha value is -1.69. The first-order valence-electron chi connectivity index (χ1n) is 9.84. The number of fused-ring (bicyclic) bond motifs is 2. The summed E-state index contributed by atoms with van der Waals surface area (Å²) in [5.74, 6) is -1.02. The van der Waals surface area contributed by atoms with Crippen LogP contribution in [-0.2, 0) is 14.9 Å². The standard InChI is InChI=1S/C21H22N2O3/c24-17-10-21(25)18-13-9-16-20(6-7-22(16)11-12(13)5-8-26-21)14-3-1-2-4-15(14)23(17)19(18)20/h1-5,13,16,18-19,25H,6-11H2/t13-,16+,18+,19-,20+,21-/m0/s1. The van der Waals surface area contributed by atoms with E-state index in [1.807, 2.05) is 6.07 Å². The lowest BCUT2D eigenvalue weighted by Crippen LogP contribution is -2.72. The molecule has 1 saturated carbocycles. The van der Waals surface area contributed by atoms with Gasteiger partial charge in [0.05, 0.1) is 19.1 Å². The largest absolute Gasteiger partial charge is 0.365 e. The van der Waals surface area contributed by atoms with E-state index in [1.54, 1.807) is 0 Å². The molecular formula is C21H22N2O3. The normalized spacial score (nSPS) is 47.5. The lowest BCUT2D eigenvalue weighted by Gasteiger charge is -2.60. The fourth-order valence-corrected chi connectivity index (χ4v) is 7.55. The summed E-state index contributed by atoms with van der Waals surface area (Å²) < 4.78 is 5.99. The van der Waals surface area contributed by atoms with Crippen LogP contribution in [-0.4, -0.2) is 53.5 Å². The van der Waals surface area contributed by atoms with Gasteiger partial charge in [-0.1, -0.05) is 29.8 Å². The number of carbonyl (C=O) groups is 1. The van der Waals surface area contributed by atoms with Gasteiger partial charge in [0, 0.05) is 29.6 Å². The maximum Gasteiger partial charge on any atom is 0.232 e. The molecule has 7 rings (SSSR count). The molecule has 1 aliphatic carbocycles. The molecule has 1 aromatic rings. The quantitative estimate of drug-likeness (QED) is 0.719. The van der Waals surface area contributed by atoms with Crippen LogP contribution in [0.25, 0.3) is 0 Å². The van der Waals surface area contributed by atoms with E-state index in [2.05, 4.69) is 34.1 Å². The van der Waals surface area contributed by atoms with Crippen molar-refractivity contribution in [3.63, 3.8) is 0 Å². The van der Waals surface area contributed by atoms with Crippen molar-refractivity contribution in [2.24, 2.45) is 11.8 Å². The Balaban J connectivity index is 1.57. The van der Waals surface area contributed by atoms with Gasteiger partial charge in [-0.2, -0.15) is 0 Å². The summed E-state index contributed by atoms with van der Waals surface area (Å²) in [6.07, 6.45) is 4.40. The molecule has 5 aliphatic heterocycles. The van der Waals surface area contributed by atoms with E-state index in [0.29, 0.717) is 18.6 Å². The predicted octanol–water partition coefficient (Wildman–Crippen LogP) is 1.41. The van der Waals surface area contributed by atoms with Crippen LogP contribution in [0.4, 0.5) is 5.69 Å². The number of nitrogens with zero attached hydrogens (tertiary/aromatic N) is 2. The lowest BCUT2D eigenvalue weighted by atomic mass is 9.53. The molecule has 1 spiro atoms. The van der Waals surface area contributed by atoms with Gasteiger partial charge in [0.25, 0.3) is 0 Å². The SMILES string of the molecule is O=C1C[C@]2(O)OCC=C3CN4CC[C@]56c7ccccc7N1[C@H]5[C@H]2[C@H]3C[C@@H]46. The smallest absolute Gasteiger partial charge is 0.232 e. The van der Waals surface area contributed by atoms with Gasteiger partial charge >= 0.3 is 0 Å². The second-order valence-corrected chi connectivity index (χ2v) is 8.98. The Labute approximate surface area is 152 Å². The first-order chi connectivity index (χ1) is 12.6. The van der Waals surface area contributed by atoms with E-state index in [9.17, 15) is 9.90 Å². The number of para-hydroxylation sites is 1. The predicted molar refractivity (Wildman–Crippen MR) is 94.6 cm³/mol. The van der Waals surface area contributed by atoms with Crippen molar-refractivity contribution in [2.75, 3.05) is 24.6 Å². The Morgan fingerprint density at radius 1 is 1.27 bits per heavy atom. The lowest BCUT2D eigenvalue weighted by molar-refractivity contribution is -0.259. The van der Waals surface area contributed by atoms with E-state index < -0.39 is 5.79 Å². The zero-order valence-electron chi connectivity index (χ0n) is 14.6. The van der Waals surface area contributed by atoms with Gasteiger partial charge in [-0.05, 0) is 36.9 Å². The fraction of sp³-hybridized carbons (Fsp3) is 0.571. The van der Waals surface area contributed by atoms with Gasteiger partial charge in [-0.15, -0.1) is 0 Å². The van der Waals surface area contributed by atoms with Crippen molar-refractivity contribution in [1.82, 2.24) is 4.90 Å². The number of piperidine rings is 2. The number of ether oxygens (including phenoxy) is 1. The molecule has 26 heavy (non-hydrogen) atoms. The third-order valence-corrected chi connectivity index (χ3v) is 8.30. The molecule has 2 bridgehead atoms. The maximum absolute atomic E-state index is 13.2. The van der Waals surface area contributed by atoms with Gasteiger partial charge in [0.1, 0.15) is 0 Å². The highest BCUT2D eigenvalue weighted by Gasteiger charge is 2.73. The van der Waals surface area contributed by atoms with Crippen LogP contribution in [0.15, 0.2) is 35.9 Å². The van der Waals surface area contributed by atoms with Crippen LogP contribution < -0.4 is 4.90 Å². The first-order valence-corrected chi connectivity index (χ1v) is 9.84. The Kier molecular flexibility index (Phi) is 2.34. The Morgan fingerprint density at radius 3 is 3.08 bits per heavy atom. The number of anilines is 1. The molecule has 5 heterocycles. The molecule has 5 heteroatoms. The van der Waals surface area contributed by atoms with E-state index >= 15 is 0 Å². The highest BCUT2D eigenvalue weighted by Crippen LogP contribution is 2.66. The minimum atomic E-state index is -1.33. The number of benzene rings is 1. The highest BCUT2D eigenvalue weighted by atomic mass is 16.6. The molecule has 1 N–H and O–H groups in total. The van der Waals surface area contributed by atoms with E-state index in [1.165, 1.54) is 11.1 Å². The number of aliphatic hydroxyl groups is 1. The van der Waals surface area contributed by atoms with Crippen molar-refractivity contribution in [1.29, 1.82) is 0 Å². The molecule has 3 saturated heterocycles. The second kappa shape index (κ2) is 4.24. The zero-order valence-corrected chi connectivity index (χ0v) is 14.6. The van der Waals surface area contributed by atoms with Crippen molar-refractivity contribution < 1.29 is 14.6 Å². The number of carbonyl (C=O) groups excluding carboxylic acids is 1. The van der Waals surface area contributed by atoms with Crippen LogP contribution in [0.3, 0.4) is 0 Å². The van der Waals surface area contributed by atoms with Crippen LogP contribution in [0.2, 0.25) is 0 Å². The van der Waals surface area contributed by atoms with Crippen LogP contribution in [0.1, 0.15) is 24.8 Å². The summed E-state index contributed by atoms with van der Waals surface area (Å²) >= 11 is 0. The molecule has 4 fully saturated rings. The number of amides is 1. The minimum absolute atomic E-state index is 0.0138. The molecule has 0 unspecified atom stereocenters. The zero-order chi connectivity index (χ0) is 17.3. The summed E-state index contributed by atoms with van der Waals surface area (Å²) in [7, 11) is 0. The maximum atomic E-state index is 13.2. The number of hydrogen-bond acceptors (Lipinski definition) is 4. The molecular weight excluding hydrogens is 328 g/mol. The summed E-state index contributed by atoms with van der Waals surface area (Å²) in [5.41, 5.74) is 3.77. The summed E-state index contributed by atoms with van der Waals surface area (Å²) in [6.45, 7) is 2.49.